The molecule has 0 aliphatic rings. The number of halogens is 1. The third-order valence-electron chi connectivity index (χ3n) is 2.42. The molecule has 2 rings (SSSR count). The van der Waals surface area contributed by atoms with Crippen LogP contribution < -0.4 is 0 Å². The molecular formula is C11H10ClN3O2. The van der Waals surface area contributed by atoms with Gasteiger partial charge in [-0.1, -0.05) is 11.6 Å². The van der Waals surface area contributed by atoms with E-state index in [2.05, 4.69) is 10.1 Å². The molecule has 0 unspecified atom stereocenters. The summed E-state index contributed by atoms with van der Waals surface area (Å²) in [6.07, 6.45) is 1.43. The van der Waals surface area contributed by atoms with Crippen LogP contribution in [0.1, 0.15) is 21.9 Å². The van der Waals surface area contributed by atoms with E-state index >= 15 is 0 Å². The van der Waals surface area contributed by atoms with Crippen LogP contribution in [0.25, 0.3) is 5.69 Å². The molecule has 17 heavy (non-hydrogen) atoms. The lowest BCUT2D eigenvalue weighted by Crippen LogP contribution is -2.09. The van der Waals surface area contributed by atoms with Crippen molar-refractivity contribution >= 4 is 17.6 Å². The molecule has 0 atom stereocenters. The molecule has 0 amide bonds. The third kappa shape index (κ3) is 1.89. The molecule has 0 radical (unpaired) electrons. The minimum atomic E-state index is -1.09. The van der Waals surface area contributed by atoms with E-state index in [1.807, 2.05) is 0 Å². The summed E-state index contributed by atoms with van der Waals surface area (Å²) in [5.41, 5.74) is 1.71. The lowest BCUT2D eigenvalue weighted by atomic mass is 10.3. The fourth-order valence-electron chi connectivity index (χ4n) is 1.59. The second-order valence-corrected chi connectivity index (χ2v) is 3.95. The van der Waals surface area contributed by atoms with E-state index in [1.54, 1.807) is 26.0 Å². The third-order valence-corrected chi connectivity index (χ3v) is 2.97. The zero-order chi connectivity index (χ0) is 12.6. The summed E-state index contributed by atoms with van der Waals surface area (Å²) in [6.45, 7) is 3.55. The SMILES string of the molecule is Cc1nn(-c2cccnc2C(=O)O)c(C)c1Cl. The lowest BCUT2D eigenvalue weighted by molar-refractivity contribution is 0.0690. The van der Waals surface area contributed by atoms with Crippen molar-refractivity contribution < 1.29 is 9.90 Å². The first-order valence-corrected chi connectivity index (χ1v) is 5.30. The van der Waals surface area contributed by atoms with E-state index in [0.29, 0.717) is 22.1 Å². The fourth-order valence-corrected chi connectivity index (χ4v) is 1.71. The average Bonchev–Trinajstić information content (AvgIpc) is 2.57. The van der Waals surface area contributed by atoms with Crippen molar-refractivity contribution in [2.24, 2.45) is 0 Å². The first-order valence-electron chi connectivity index (χ1n) is 4.92. The zero-order valence-corrected chi connectivity index (χ0v) is 10.1. The quantitative estimate of drug-likeness (QED) is 0.889. The van der Waals surface area contributed by atoms with Crippen LogP contribution in [0.5, 0.6) is 0 Å². The zero-order valence-electron chi connectivity index (χ0n) is 9.31. The van der Waals surface area contributed by atoms with Crippen LogP contribution >= 0.6 is 11.6 Å². The number of hydrogen-bond acceptors (Lipinski definition) is 3. The van der Waals surface area contributed by atoms with Crippen molar-refractivity contribution in [3.63, 3.8) is 0 Å². The van der Waals surface area contributed by atoms with Gasteiger partial charge in [-0.05, 0) is 26.0 Å². The summed E-state index contributed by atoms with van der Waals surface area (Å²) >= 11 is 6.03. The molecular weight excluding hydrogens is 242 g/mol. The number of aryl methyl sites for hydroxylation is 1. The molecule has 6 heteroatoms. The fraction of sp³-hybridized carbons (Fsp3) is 0.182. The predicted octanol–water partition coefficient (Wildman–Crippen LogP) is 2.24. The molecule has 2 aromatic heterocycles. The second kappa shape index (κ2) is 4.18. The maximum Gasteiger partial charge on any atom is 0.356 e. The van der Waals surface area contributed by atoms with E-state index in [0.717, 1.165) is 0 Å². The molecule has 0 bridgehead atoms. The summed E-state index contributed by atoms with van der Waals surface area (Å²) < 4.78 is 1.49. The van der Waals surface area contributed by atoms with Gasteiger partial charge in [0.25, 0.3) is 0 Å². The van der Waals surface area contributed by atoms with Gasteiger partial charge in [-0.2, -0.15) is 5.10 Å². The van der Waals surface area contributed by atoms with E-state index in [1.165, 1.54) is 10.9 Å². The highest BCUT2D eigenvalue weighted by Crippen LogP contribution is 2.23. The second-order valence-electron chi connectivity index (χ2n) is 3.57. The van der Waals surface area contributed by atoms with Crippen LogP contribution in [0, 0.1) is 13.8 Å². The number of carboxylic acid groups (broad SMARTS) is 1. The smallest absolute Gasteiger partial charge is 0.356 e. The Bertz CT molecular complexity index is 592. The van der Waals surface area contributed by atoms with E-state index in [4.69, 9.17) is 16.7 Å². The average molecular weight is 252 g/mol. The number of aromatic nitrogens is 3. The van der Waals surface area contributed by atoms with Gasteiger partial charge in [-0.3, -0.25) is 0 Å². The Morgan fingerprint density at radius 1 is 1.47 bits per heavy atom. The molecule has 2 heterocycles. The van der Waals surface area contributed by atoms with Crippen molar-refractivity contribution in [1.29, 1.82) is 0 Å². The van der Waals surface area contributed by atoms with Gasteiger partial charge in [-0.15, -0.1) is 0 Å². The monoisotopic (exact) mass is 251 g/mol. The van der Waals surface area contributed by atoms with Crippen molar-refractivity contribution in [2.75, 3.05) is 0 Å². The maximum atomic E-state index is 11.1. The summed E-state index contributed by atoms with van der Waals surface area (Å²) in [5, 5.41) is 13.8. The molecule has 0 fully saturated rings. The lowest BCUT2D eigenvalue weighted by Gasteiger charge is -2.06. The Labute approximate surface area is 103 Å². The van der Waals surface area contributed by atoms with E-state index in [-0.39, 0.29) is 5.69 Å². The molecule has 1 N–H and O–H groups in total. The normalized spacial score (nSPS) is 10.5. The molecule has 0 aliphatic carbocycles. The van der Waals surface area contributed by atoms with Crippen LogP contribution in [-0.4, -0.2) is 25.8 Å². The van der Waals surface area contributed by atoms with Crippen LogP contribution in [0.3, 0.4) is 0 Å². The van der Waals surface area contributed by atoms with Crippen LogP contribution in [-0.2, 0) is 0 Å². The minimum Gasteiger partial charge on any atom is -0.476 e. The minimum absolute atomic E-state index is 0.0465. The van der Waals surface area contributed by atoms with Crippen molar-refractivity contribution in [1.82, 2.24) is 14.8 Å². The van der Waals surface area contributed by atoms with Gasteiger partial charge in [0.15, 0.2) is 5.69 Å². The number of pyridine rings is 1. The standard InChI is InChI=1S/C11H10ClN3O2/c1-6-9(12)7(2)15(14-6)8-4-3-5-13-10(8)11(16)17/h3-5H,1-2H3,(H,16,17). The molecule has 0 spiro atoms. The molecule has 0 aromatic carbocycles. The Morgan fingerprint density at radius 2 is 2.18 bits per heavy atom. The highest BCUT2D eigenvalue weighted by atomic mass is 35.5. The van der Waals surface area contributed by atoms with Crippen LogP contribution in [0.2, 0.25) is 5.02 Å². The molecule has 0 saturated heterocycles. The number of carbonyl (C=O) groups is 1. The number of aromatic carboxylic acids is 1. The summed E-state index contributed by atoms with van der Waals surface area (Å²) in [4.78, 5) is 14.9. The highest BCUT2D eigenvalue weighted by molar-refractivity contribution is 6.31. The predicted molar refractivity (Wildman–Crippen MR) is 62.8 cm³/mol. The largest absolute Gasteiger partial charge is 0.476 e. The summed E-state index contributed by atoms with van der Waals surface area (Å²) in [5.74, 6) is -1.09. The molecule has 88 valence electrons. The van der Waals surface area contributed by atoms with Gasteiger partial charge in [0.2, 0.25) is 0 Å². The first-order chi connectivity index (χ1) is 8.02. The van der Waals surface area contributed by atoms with Crippen LogP contribution in [0.4, 0.5) is 0 Å². The van der Waals surface area contributed by atoms with E-state index in [9.17, 15) is 4.79 Å². The molecule has 2 aromatic rings. The molecule has 0 aliphatic heterocycles. The maximum absolute atomic E-state index is 11.1. The molecule has 0 saturated carbocycles. The van der Waals surface area contributed by atoms with Gasteiger partial charge in [0.05, 0.1) is 22.1 Å². The van der Waals surface area contributed by atoms with Crippen molar-refractivity contribution in [3.05, 3.63) is 40.4 Å². The Hall–Kier alpha value is -1.88. The first kappa shape index (κ1) is 11.6. The number of hydrogen-bond donors (Lipinski definition) is 1. The van der Waals surface area contributed by atoms with Gasteiger partial charge in [0, 0.05) is 6.20 Å². The summed E-state index contributed by atoms with van der Waals surface area (Å²) in [7, 11) is 0. The van der Waals surface area contributed by atoms with Gasteiger partial charge in [0.1, 0.15) is 0 Å². The highest BCUT2D eigenvalue weighted by Gasteiger charge is 2.17. The number of carboxylic acids is 1. The number of rotatable bonds is 2. The molecule has 5 nitrogen and oxygen atoms in total. The van der Waals surface area contributed by atoms with Gasteiger partial charge >= 0.3 is 5.97 Å². The Morgan fingerprint density at radius 3 is 2.71 bits per heavy atom. The number of nitrogens with zero attached hydrogens (tertiary/aromatic N) is 3. The Kier molecular flexibility index (Phi) is 2.85. The Balaban J connectivity index is 2.68. The van der Waals surface area contributed by atoms with Gasteiger partial charge in [-0.25, -0.2) is 14.5 Å². The van der Waals surface area contributed by atoms with Gasteiger partial charge < -0.3 is 5.11 Å². The van der Waals surface area contributed by atoms with Crippen molar-refractivity contribution in [3.8, 4) is 5.69 Å². The summed E-state index contributed by atoms with van der Waals surface area (Å²) in [6, 6.07) is 3.30. The van der Waals surface area contributed by atoms with Crippen molar-refractivity contribution in [2.45, 2.75) is 13.8 Å². The van der Waals surface area contributed by atoms with Crippen LogP contribution in [0.15, 0.2) is 18.3 Å². The topological polar surface area (TPSA) is 68.0 Å². The van der Waals surface area contributed by atoms with E-state index < -0.39 is 5.97 Å².